The van der Waals surface area contributed by atoms with Crippen LogP contribution >= 0.6 is 11.6 Å². The largest absolute Gasteiger partial charge is 0.378 e. The number of piperazine rings is 1. The van der Waals surface area contributed by atoms with Crippen LogP contribution in [0.1, 0.15) is 31.1 Å². The molecule has 4 rings (SSSR count). The quantitative estimate of drug-likeness (QED) is 0.776. The molecular weight excluding hydrogens is 362 g/mol. The van der Waals surface area contributed by atoms with Crippen molar-refractivity contribution in [2.75, 3.05) is 52.5 Å². The first-order valence-electron chi connectivity index (χ1n) is 9.88. The number of benzene rings is 1. The summed E-state index contributed by atoms with van der Waals surface area (Å²) in [7, 11) is 0. The Morgan fingerprint density at radius 1 is 1.22 bits per heavy atom. The van der Waals surface area contributed by atoms with Crippen LogP contribution in [0.25, 0.3) is 0 Å². The summed E-state index contributed by atoms with van der Waals surface area (Å²) in [6, 6.07) is 7.53. The van der Waals surface area contributed by atoms with E-state index < -0.39 is 0 Å². The van der Waals surface area contributed by atoms with E-state index in [0.717, 1.165) is 45.9 Å². The minimum absolute atomic E-state index is 0.0695. The van der Waals surface area contributed by atoms with Gasteiger partial charge in [-0.15, -0.1) is 0 Å². The molecule has 3 heterocycles. The summed E-state index contributed by atoms with van der Waals surface area (Å²) in [5.74, 6) is 0.102. The molecule has 1 aromatic rings. The van der Waals surface area contributed by atoms with Gasteiger partial charge in [-0.3, -0.25) is 14.6 Å². The van der Waals surface area contributed by atoms with Gasteiger partial charge in [-0.2, -0.15) is 0 Å². The smallest absolute Gasteiger partial charge is 0.253 e. The van der Waals surface area contributed by atoms with E-state index in [2.05, 4.69) is 30.6 Å². The number of rotatable bonds is 2. The van der Waals surface area contributed by atoms with Gasteiger partial charge in [0.05, 0.1) is 24.8 Å². The molecule has 0 aliphatic carbocycles. The SMILES string of the molecule is CC(C)(C)CN1CC2(C1)CN(C(=O)c1ccc(Cl)cc1)CC1COCCN12. The van der Waals surface area contributed by atoms with E-state index in [0.29, 0.717) is 28.6 Å². The highest BCUT2D eigenvalue weighted by atomic mass is 35.5. The van der Waals surface area contributed by atoms with Gasteiger partial charge < -0.3 is 9.64 Å². The molecule has 6 heteroatoms. The van der Waals surface area contributed by atoms with E-state index in [1.165, 1.54) is 0 Å². The highest BCUT2D eigenvalue weighted by Gasteiger charge is 2.55. The highest BCUT2D eigenvalue weighted by molar-refractivity contribution is 6.30. The molecule has 1 aromatic carbocycles. The maximum absolute atomic E-state index is 13.1. The number of amides is 1. The third-order valence-corrected chi connectivity index (χ3v) is 6.12. The third kappa shape index (κ3) is 3.88. The molecule has 5 nitrogen and oxygen atoms in total. The van der Waals surface area contributed by atoms with E-state index in [1.54, 1.807) is 12.1 Å². The second-order valence-electron chi connectivity index (χ2n) is 9.54. The standard InChI is InChI=1S/C21H30ClN3O2/c1-20(2,3)12-23-13-21(14-23)15-24(10-18-11-27-9-8-25(18)21)19(26)16-4-6-17(22)7-5-16/h4-7,18H,8-15H2,1-3H3. The lowest BCUT2D eigenvalue weighted by molar-refractivity contribution is -0.162. The van der Waals surface area contributed by atoms with Gasteiger partial charge in [0, 0.05) is 49.9 Å². The van der Waals surface area contributed by atoms with Crippen molar-refractivity contribution in [3.63, 3.8) is 0 Å². The average molecular weight is 392 g/mol. The van der Waals surface area contributed by atoms with Crippen molar-refractivity contribution < 1.29 is 9.53 Å². The fourth-order valence-corrected chi connectivity index (χ4v) is 5.10. The van der Waals surface area contributed by atoms with Crippen LogP contribution in [0.15, 0.2) is 24.3 Å². The molecule has 3 saturated heterocycles. The van der Waals surface area contributed by atoms with E-state index in [-0.39, 0.29) is 11.4 Å². The fourth-order valence-electron chi connectivity index (χ4n) is 4.98. The van der Waals surface area contributed by atoms with Gasteiger partial charge in [-0.25, -0.2) is 0 Å². The first-order valence-corrected chi connectivity index (χ1v) is 10.3. The summed E-state index contributed by atoms with van der Waals surface area (Å²) >= 11 is 5.99. The van der Waals surface area contributed by atoms with Gasteiger partial charge >= 0.3 is 0 Å². The summed E-state index contributed by atoms with van der Waals surface area (Å²) in [6.07, 6.45) is 0. The molecular formula is C21H30ClN3O2. The first kappa shape index (κ1) is 19.2. The predicted octanol–water partition coefficient (Wildman–Crippen LogP) is 2.60. The zero-order valence-electron chi connectivity index (χ0n) is 16.6. The van der Waals surface area contributed by atoms with Crippen molar-refractivity contribution in [3.05, 3.63) is 34.9 Å². The van der Waals surface area contributed by atoms with Crippen molar-refractivity contribution in [2.24, 2.45) is 5.41 Å². The minimum Gasteiger partial charge on any atom is -0.378 e. The number of morpholine rings is 1. The van der Waals surface area contributed by atoms with Crippen LogP contribution in [0, 0.1) is 5.41 Å². The Hall–Kier alpha value is -1.14. The van der Waals surface area contributed by atoms with Crippen molar-refractivity contribution in [3.8, 4) is 0 Å². The summed E-state index contributed by atoms with van der Waals surface area (Å²) < 4.78 is 5.75. The van der Waals surface area contributed by atoms with Crippen molar-refractivity contribution >= 4 is 17.5 Å². The van der Waals surface area contributed by atoms with Gasteiger partial charge in [-0.1, -0.05) is 32.4 Å². The Morgan fingerprint density at radius 3 is 2.59 bits per heavy atom. The molecule has 0 radical (unpaired) electrons. The Morgan fingerprint density at radius 2 is 1.93 bits per heavy atom. The predicted molar refractivity (Wildman–Crippen MR) is 107 cm³/mol. The fraction of sp³-hybridized carbons (Fsp3) is 0.667. The minimum atomic E-state index is 0.0695. The number of hydrogen-bond donors (Lipinski definition) is 0. The van der Waals surface area contributed by atoms with Crippen molar-refractivity contribution in [2.45, 2.75) is 32.4 Å². The number of carbonyl (C=O) groups excluding carboxylic acids is 1. The van der Waals surface area contributed by atoms with Gasteiger partial charge in [0.1, 0.15) is 0 Å². The number of likely N-dealkylation sites (tertiary alicyclic amines) is 1. The zero-order valence-corrected chi connectivity index (χ0v) is 17.3. The van der Waals surface area contributed by atoms with E-state index >= 15 is 0 Å². The van der Waals surface area contributed by atoms with Gasteiger partial charge in [0.15, 0.2) is 0 Å². The second kappa shape index (κ2) is 7.03. The summed E-state index contributed by atoms with van der Waals surface area (Å²) in [5, 5.41) is 0.658. The Kier molecular flexibility index (Phi) is 5.00. The van der Waals surface area contributed by atoms with E-state index in [1.807, 2.05) is 17.0 Å². The zero-order chi connectivity index (χ0) is 19.2. The van der Waals surface area contributed by atoms with Crippen LogP contribution in [0.3, 0.4) is 0 Å². The van der Waals surface area contributed by atoms with Crippen LogP contribution in [0.5, 0.6) is 0 Å². The maximum atomic E-state index is 13.1. The molecule has 148 valence electrons. The van der Waals surface area contributed by atoms with Crippen molar-refractivity contribution in [1.82, 2.24) is 14.7 Å². The number of hydrogen-bond acceptors (Lipinski definition) is 4. The Labute approximate surface area is 167 Å². The third-order valence-electron chi connectivity index (χ3n) is 5.87. The average Bonchev–Trinajstić information content (AvgIpc) is 2.59. The lowest BCUT2D eigenvalue weighted by atomic mass is 9.80. The summed E-state index contributed by atoms with van der Waals surface area (Å²) in [4.78, 5) is 20.3. The molecule has 1 amide bonds. The molecule has 3 aliphatic rings. The van der Waals surface area contributed by atoms with Crippen molar-refractivity contribution in [1.29, 1.82) is 0 Å². The molecule has 0 saturated carbocycles. The lowest BCUT2D eigenvalue weighted by Gasteiger charge is -2.64. The molecule has 0 N–H and O–H groups in total. The Bertz CT molecular complexity index is 694. The second-order valence-corrected chi connectivity index (χ2v) is 9.98. The Balaban J connectivity index is 1.52. The topological polar surface area (TPSA) is 36.0 Å². The normalized spacial score (nSPS) is 25.9. The van der Waals surface area contributed by atoms with Gasteiger partial charge in [-0.05, 0) is 29.7 Å². The van der Waals surface area contributed by atoms with Crippen LogP contribution in [-0.2, 0) is 4.74 Å². The van der Waals surface area contributed by atoms with Gasteiger partial charge in [0.25, 0.3) is 5.91 Å². The van der Waals surface area contributed by atoms with Gasteiger partial charge in [0.2, 0.25) is 0 Å². The van der Waals surface area contributed by atoms with Crippen LogP contribution in [-0.4, -0.2) is 84.7 Å². The molecule has 27 heavy (non-hydrogen) atoms. The molecule has 3 fully saturated rings. The van der Waals surface area contributed by atoms with Crippen LogP contribution < -0.4 is 0 Å². The number of halogens is 1. The highest BCUT2D eigenvalue weighted by Crippen LogP contribution is 2.37. The summed E-state index contributed by atoms with van der Waals surface area (Å²) in [6.45, 7) is 14.0. The molecule has 1 unspecified atom stereocenters. The molecule has 1 atom stereocenters. The number of fused-ring (bicyclic) bond motifs is 2. The van der Waals surface area contributed by atoms with E-state index in [4.69, 9.17) is 16.3 Å². The molecule has 1 spiro atoms. The molecule has 0 aromatic heterocycles. The molecule has 3 aliphatic heterocycles. The monoisotopic (exact) mass is 391 g/mol. The number of carbonyl (C=O) groups is 1. The lowest BCUT2D eigenvalue weighted by Crippen LogP contribution is -2.81. The number of nitrogens with zero attached hydrogens (tertiary/aromatic N) is 3. The number of ether oxygens (including phenoxy) is 1. The van der Waals surface area contributed by atoms with E-state index in [9.17, 15) is 4.79 Å². The van der Waals surface area contributed by atoms with Crippen LogP contribution in [0.2, 0.25) is 5.02 Å². The first-order chi connectivity index (χ1) is 12.8. The maximum Gasteiger partial charge on any atom is 0.253 e. The summed E-state index contributed by atoms with van der Waals surface area (Å²) in [5.41, 5.74) is 1.07. The molecule has 0 bridgehead atoms. The van der Waals surface area contributed by atoms with Crippen LogP contribution in [0.4, 0.5) is 0 Å².